The zero-order chi connectivity index (χ0) is 10.7. The molecule has 0 aromatic rings. The third-order valence-corrected chi connectivity index (χ3v) is 2.52. The number of ether oxygens (including phenoxy) is 2. The van der Waals surface area contributed by atoms with Crippen LogP contribution in [0.4, 0.5) is 0 Å². The van der Waals surface area contributed by atoms with E-state index in [1.54, 1.807) is 26.0 Å². The number of hydrogen-bond acceptors (Lipinski definition) is 4. The van der Waals surface area contributed by atoms with E-state index in [1.807, 2.05) is 0 Å². The topological polar surface area (TPSA) is 64.8 Å². The van der Waals surface area contributed by atoms with E-state index in [2.05, 4.69) is 0 Å². The van der Waals surface area contributed by atoms with Gasteiger partial charge in [0.25, 0.3) is 0 Å². The summed E-state index contributed by atoms with van der Waals surface area (Å²) < 4.78 is 10.4. The van der Waals surface area contributed by atoms with Crippen LogP contribution in [0, 0.1) is 0 Å². The van der Waals surface area contributed by atoms with Gasteiger partial charge in [-0.2, -0.15) is 0 Å². The van der Waals surface area contributed by atoms with Gasteiger partial charge in [-0.3, -0.25) is 4.79 Å². The minimum Gasteiger partial charge on any atom is -0.377 e. The lowest BCUT2D eigenvalue weighted by atomic mass is 10.3. The minimum absolute atomic E-state index is 0.0392. The Kier molecular flexibility index (Phi) is 3.86. The summed E-state index contributed by atoms with van der Waals surface area (Å²) in [5.41, 5.74) is 5.52. The van der Waals surface area contributed by atoms with Crippen LogP contribution in [0.1, 0.15) is 6.92 Å². The smallest absolute Gasteiger partial charge is 0.239 e. The Morgan fingerprint density at radius 1 is 1.36 bits per heavy atom. The number of amides is 1. The normalized spacial score (nSPS) is 29.3. The summed E-state index contributed by atoms with van der Waals surface area (Å²) in [6, 6.07) is -0.455. The van der Waals surface area contributed by atoms with Crippen molar-refractivity contribution >= 4 is 5.91 Å². The highest BCUT2D eigenvalue weighted by Gasteiger charge is 2.36. The van der Waals surface area contributed by atoms with Crippen molar-refractivity contribution < 1.29 is 14.3 Å². The fourth-order valence-corrected chi connectivity index (χ4v) is 1.66. The lowest BCUT2D eigenvalue weighted by Crippen LogP contribution is -2.41. The number of rotatable bonds is 3. The maximum Gasteiger partial charge on any atom is 0.239 e. The number of hydrogen-bond donors (Lipinski definition) is 1. The molecule has 1 saturated heterocycles. The van der Waals surface area contributed by atoms with Crippen molar-refractivity contribution in [3.63, 3.8) is 0 Å². The van der Waals surface area contributed by atoms with Crippen LogP contribution in [0.2, 0.25) is 0 Å². The largest absolute Gasteiger partial charge is 0.377 e. The predicted octanol–water partition coefficient (Wildman–Crippen LogP) is -0.794. The first-order valence-corrected chi connectivity index (χ1v) is 4.70. The zero-order valence-corrected chi connectivity index (χ0v) is 8.90. The average molecular weight is 202 g/mol. The molecule has 0 saturated carbocycles. The molecule has 0 aliphatic carbocycles. The van der Waals surface area contributed by atoms with Crippen LogP contribution in [-0.4, -0.2) is 56.4 Å². The molecule has 1 aliphatic heterocycles. The molecule has 0 radical (unpaired) electrons. The molecule has 82 valence electrons. The Balaban J connectivity index is 2.57. The Morgan fingerprint density at radius 2 is 1.79 bits per heavy atom. The van der Waals surface area contributed by atoms with Crippen molar-refractivity contribution in [2.45, 2.75) is 25.2 Å². The number of carbonyl (C=O) groups excluding carboxylic acids is 1. The molecular formula is C9H18N2O3. The highest BCUT2D eigenvalue weighted by atomic mass is 16.5. The average Bonchev–Trinajstić information content (AvgIpc) is 2.59. The maximum absolute atomic E-state index is 11.6. The fourth-order valence-electron chi connectivity index (χ4n) is 1.66. The van der Waals surface area contributed by atoms with Gasteiger partial charge in [0.15, 0.2) is 0 Å². The molecule has 2 unspecified atom stereocenters. The molecule has 0 aromatic carbocycles. The number of carbonyl (C=O) groups is 1. The highest BCUT2D eigenvalue weighted by Crippen LogP contribution is 2.16. The summed E-state index contributed by atoms with van der Waals surface area (Å²) in [7, 11) is 3.24. The van der Waals surface area contributed by atoms with Crippen LogP contribution in [0.3, 0.4) is 0 Å². The van der Waals surface area contributed by atoms with Gasteiger partial charge in [0, 0.05) is 27.3 Å². The standard InChI is InChI=1S/C9H18N2O3/c1-6(10)9(12)11-4-7(13-2)8(5-11)14-3/h6-8H,4-5,10H2,1-3H3/t6-,7?,8?/m1/s1. The van der Waals surface area contributed by atoms with Crippen LogP contribution in [0.15, 0.2) is 0 Å². The van der Waals surface area contributed by atoms with E-state index in [9.17, 15) is 4.79 Å². The van der Waals surface area contributed by atoms with Gasteiger partial charge in [0.1, 0.15) is 12.2 Å². The van der Waals surface area contributed by atoms with Crippen molar-refractivity contribution in [3.8, 4) is 0 Å². The Labute approximate surface area is 84.1 Å². The van der Waals surface area contributed by atoms with Gasteiger partial charge in [0.2, 0.25) is 5.91 Å². The summed E-state index contributed by atoms with van der Waals surface area (Å²) in [6.07, 6.45) is -0.0783. The summed E-state index contributed by atoms with van der Waals surface area (Å²) in [5, 5.41) is 0. The van der Waals surface area contributed by atoms with Gasteiger partial charge in [-0.1, -0.05) is 0 Å². The van der Waals surface area contributed by atoms with E-state index < -0.39 is 6.04 Å². The third kappa shape index (κ3) is 2.23. The molecule has 5 nitrogen and oxygen atoms in total. The van der Waals surface area contributed by atoms with Crippen LogP contribution in [0.25, 0.3) is 0 Å². The van der Waals surface area contributed by atoms with E-state index in [1.165, 1.54) is 0 Å². The Morgan fingerprint density at radius 3 is 2.07 bits per heavy atom. The Hall–Kier alpha value is -0.650. The number of nitrogens with two attached hydrogens (primary N) is 1. The molecule has 1 aliphatic rings. The lowest BCUT2D eigenvalue weighted by molar-refractivity contribution is -0.131. The van der Waals surface area contributed by atoms with Gasteiger partial charge in [-0.25, -0.2) is 0 Å². The van der Waals surface area contributed by atoms with Crippen molar-refractivity contribution in [2.75, 3.05) is 27.3 Å². The minimum atomic E-state index is -0.455. The number of likely N-dealkylation sites (tertiary alicyclic amines) is 1. The van der Waals surface area contributed by atoms with E-state index in [0.717, 1.165) is 0 Å². The van der Waals surface area contributed by atoms with Gasteiger partial charge in [-0.05, 0) is 6.92 Å². The maximum atomic E-state index is 11.6. The second kappa shape index (κ2) is 4.72. The van der Waals surface area contributed by atoms with Gasteiger partial charge >= 0.3 is 0 Å². The molecule has 0 spiro atoms. The molecule has 3 atom stereocenters. The van der Waals surface area contributed by atoms with Gasteiger partial charge in [0.05, 0.1) is 6.04 Å². The second-order valence-electron chi connectivity index (χ2n) is 3.58. The van der Waals surface area contributed by atoms with E-state index in [-0.39, 0.29) is 18.1 Å². The molecule has 1 amide bonds. The molecule has 1 rings (SSSR count). The van der Waals surface area contributed by atoms with Crippen molar-refractivity contribution in [2.24, 2.45) is 5.73 Å². The summed E-state index contributed by atoms with van der Waals surface area (Å²) >= 11 is 0. The first-order valence-electron chi connectivity index (χ1n) is 4.70. The highest BCUT2D eigenvalue weighted by molar-refractivity contribution is 5.81. The summed E-state index contributed by atoms with van der Waals surface area (Å²) in [4.78, 5) is 13.2. The van der Waals surface area contributed by atoms with Crippen LogP contribution in [0.5, 0.6) is 0 Å². The van der Waals surface area contributed by atoms with Crippen molar-refractivity contribution in [1.29, 1.82) is 0 Å². The fraction of sp³-hybridized carbons (Fsp3) is 0.889. The van der Waals surface area contributed by atoms with Crippen molar-refractivity contribution in [3.05, 3.63) is 0 Å². The first-order chi connectivity index (χ1) is 6.60. The van der Waals surface area contributed by atoms with Gasteiger partial charge < -0.3 is 20.1 Å². The first kappa shape index (κ1) is 11.4. The number of nitrogens with zero attached hydrogens (tertiary/aromatic N) is 1. The summed E-state index contributed by atoms with van der Waals surface area (Å²) in [5.74, 6) is -0.0494. The molecule has 14 heavy (non-hydrogen) atoms. The monoisotopic (exact) mass is 202 g/mol. The predicted molar refractivity (Wildman–Crippen MR) is 51.8 cm³/mol. The third-order valence-electron chi connectivity index (χ3n) is 2.52. The SMILES string of the molecule is COC1CN(C(=O)[C@@H](C)N)CC1OC. The molecule has 0 bridgehead atoms. The zero-order valence-electron chi connectivity index (χ0n) is 8.90. The van der Waals surface area contributed by atoms with Crippen LogP contribution in [-0.2, 0) is 14.3 Å². The molecule has 1 fully saturated rings. The molecule has 2 N–H and O–H groups in total. The van der Waals surface area contributed by atoms with Crippen LogP contribution >= 0.6 is 0 Å². The Bertz CT molecular complexity index is 196. The summed E-state index contributed by atoms with van der Waals surface area (Å²) in [6.45, 7) is 2.81. The van der Waals surface area contributed by atoms with E-state index >= 15 is 0 Å². The van der Waals surface area contributed by atoms with Crippen molar-refractivity contribution in [1.82, 2.24) is 4.90 Å². The molecule has 5 heteroatoms. The number of methoxy groups -OCH3 is 2. The molecule has 0 aromatic heterocycles. The van der Waals surface area contributed by atoms with Gasteiger partial charge in [-0.15, -0.1) is 0 Å². The molecule has 1 heterocycles. The molecular weight excluding hydrogens is 184 g/mol. The van der Waals surface area contributed by atoms with Crippen LogP contribution < -0.4 is 5.73 Å². The quantitative estimate of drug-likeness (QED) is 0.651. The second-order valence-corrected chi connectivity index (χ2v) is 3.58. The van der Waals surface area contributed by atoms with E-state index in [4.69, 9.17) is 15.2 Å². The lowest BCUT2D eigenvalue weighted by Gasteiger charge is -2.17. The van der Waals surface area contributed by atoms with E-state index in [0.29, 0.717) is 13.1 Å².